The quantitative estimate of drug-likeness (QED) is 0.322. The molecule has 41 heavy (non-hydrogen) atoms. The van der Waals surface area contributed by atoms with Crippen LogP contribution in [-0.2, 0) is 29.6 Å². The van der Waals surface area contributed by atoms with Crippen LogP contribution in [0.25, 0.3) is 11.2 Å². The molecule has 2 aromatic carbocycles. The number of benzene rings is 2. The number of rotatable bonds is 8. The molecule has 1 atom stereocenters. The summed E-state index contributed by atoms with van der Waals surface area (Å²) < 4.78 is 42.4. The Morgan fingerprint density at radius 3 is 2.37 bits per heavy atom. The van der Waals surface area contributed by atoms with Crippen LogP contribution in [0, 0.1) is 0 Å². The Kier molecular flexibility index (Phi) is 7.97. The second-order valence-corrected chi connectivity index (χ2v) is 9.99. The molecule has 0 aliphatic carbocycles. The van der Waals surface area contributed by atoms with Gasteiger partial charge in [-0.2, -0.15) is 28.2 Å². The highest BCUT2D eigenvalue weighted by atomic mass is 19.4. The van der Waals surface area contributed by atoms with E-state index in [1.54, 1.807) is 28.8 Å². The normalized spacial score (nSPS) is 15.7. The van der Waals surface area contributed by atoms with Crippen LogP contribution in [0.1, 0.15) is 24.0 Å². The van der Waals surface area contributed by atoms with E-state index < -0.39 is 17.7 Å². The van der Waals surface area contributed by atoms with Crippen LogP contribution < -0.4 is 21.3 Å². The Morgan fingerprint density at radius 2 is 1.73 bits per heavy atom. The van der Waals surface area contributed by atoms with Gasteiger partial charge in [-0.3, -0.25) is 13.9 Å². The SMILES string of the molecule is Cn1c(N(CCc2ccccc2)OC(=O)C(F)(F)F)nc2nc(N3CCCC(N)C3)n(Cc3ccccc3)c2c1=O. The molecule has 1 fully saturated rings. The van der Waals surface area contributed by atoms with Crippen molar-refractivity contribution in [2.45, 2.75) is 38.0 Å². The maximum absolute atomic E-state index is 13.8. The number of halogens is 3. The highest BCUT2D eigenvalue weighted by Crippen LogP contribution is 2.26. The van der Waals surface area contributed by atoms with Crippen molar-refractivity contribution in [1.82, 2.24) is 19.1 Å². The minimum absolute atomic E-state index is 0.0287. The average molecular weight is 570 g/mol. The Balaban J connectivity index is 1.61. The topological polar surface area (TPSA) is 112 Å². The van der Waals surface area contributed by atoms with Gasteiger partial charge in [-0.1, -0.05) is 60.7 Å². The van der Waals surface area contributed by atoms with E-state index in [2.05, 4.69) is 9.97 Å². The zero-order valence-corrected chi connectivity index (χ0v) is 22.4. The van der Waals surface area contributed by atoms with Crippen molar-refractivity contribution in [2.75, 3.05) is 29.6 Å². The number of hydroxylamine groups is 1. The first-order valence-corrected chi connectivity index (χ1v) is 13.2. The van der Waals surface area contributed by atoms with Gasteiger partial charge in [0.25, 0.3) is 5.56 Å². The molecule has 1 aliphatic rings. The van der Waals surface area contributed by atoms with Crippen molar-refractivity contribution in [3.8, 4) is 0 Å². The lowest BCUT2D eigenvalue weighted by Crippen LogP contribution is -2.44. The zero-order valence-electron chi connectivity index (χ0n) is 22.4. The van der Waals surface area contributed by atoms with Gasteiger partial charge in [0.05, 0.1) is 13.1 Å². The molecule has 0 radical (unpaired) electrons. The van der Waals surface area contributed by atoms with Crippen molar-refractivity contribution in [3.05, 3.63) is 82.1 Å². The second kappa shape index (κ2) is 11.6. The molecule has 1 saturated heterocycles. The summed E-state index contributed by atoms with van der Waals surface area (Å²) in [6.07, 6.45) is -3.32. The lowest BCUT2D eigenvalue weighted by Gasteiger charge is -2.31. The average Bonchev–Trinajstić information content (AvgIpc) is 3.31. The van der Waals surface area contributed by atoms with E-state index in [0.717, 1.165) is 28.5 Å². The number of hydrogen-bond acceptors (Lipinski definition) is 8. The monoisotopic (exact) mass is 569 g/mol. The van der Waals surface area contributed by atoms with E-state index in [1.165, 1.54) is 7.05 Å². The van der Waals surface area contributed by atoms with E-state index in [1.807, 2.05) is 41.3 Å². The molecule has 0 spiro atoms. The fourth-order valence-corrected chi connectivity index (χ4v) is 4.92. The van der Waals surface area contributed by atoms with Gasteiger partial charge < -0.3 is 15.5 Å². The predicted molar refractivity (Wildman–Crippen MR) is 147 cm³/mol. The molecule has 4 aromatic rings. The first kappa shape index (κ1) is 28.1. The number of piperidine rings is 1. The van der Waals surface area contributed by atoms with Gasteiger partial charge in [-0.15, -0.1) is 0 Å². The molecular formula is C28H30F3N7O3. The Bertz CT molecular complexity index is 1570. The molecule has 2 N–H and O–H groups in total. The number of carbonyl (C=O) groups is 1. The van der Waals surface area contributed by atoms with Crippen molar-refractivity contribution < 1.29 is 22.8 Å². The zero-order chi connectivity index (χ0) is 29.1. The summed E-state index contributed by atoms with van der Waals surface area (Å²) in [5.74, 6) is -2.20. The van der Waals surface area contributed by atoms with E-state index in [9.17, 15) is 22.8 Å². The second-order valence-electron chi connectivity index (χ2n) is 9.99. The molecule has 0 amide bonds. The number of carbonyl (C=O) groups excluding carboxylic acids is 1. The van der Waals surface area contributed by atoms with Gasteiger partial charge in [-0.05, 0) is 30.4 Å². The Hall–Kier alpha value is -4.39. The van der Waals surface area contributed by atoms with Gasteiger partial charge in [0, 0.05) is 26.2 Å². The number of hydrogen-bond donors (Lipinski definition) is 1. The lowest BCUT2D eigenvalue weighted by atomic mass is 10.1. The molecule has 2 aromatic heterocycles. The van der Waals surface area contributed by atoms with E-state index in [4.69, 9.17) is 10.6 Å². The smallest absolute Gasteiger partial charge is 0.341 e. The van der Waals surface area contributed by atoms with Crippen LogP contribution in [0.2, 0.25) is 0 Å². The van der Waals surface area contributed by atoms with Crippen LogP contribution in [0.3, 0.4) is 0 Å². The van der Waals surface area contributed by atoms with E-state index in [0.29, 0.717) is 30.6 Å². The van der Waals surface area contributed by atoms with Gasteiger partial charge in [0.15, 0.2) is 11.2 Å². The Labute approximate surface area is 233 Å². The van der Waals surface area contributed by atoms with Gasteiger partial charge in [-0.25, -0.2) is 4.79 Å². The van der Waals surface area contributed by atoms with Crippen molar-refractivity contribution in [1.29, 1.82) is 0 Å². The molecule has 5 rings (SSSR count). The fourth-order valence-electron chi connectivity index (χ4n) is 4.92. The molecule has 3 heterocycles. The molecular weight excluding hydrogens is 539 g/mol. The van der Waals surface area contributed by atoms with Gasteiger partial charge in [0.2, 0.25) is 11.9 Å². The van der Waals surface area contributed by atoms with Gasteiger partial charge >= 0.3 is 12.1 Å². The van der Waals surface area contributed by atoms with Crippen LogP contribution in [0.4, 0.5) is 25.1 Å². The summed E-state index contributed by atoms with van der Waals surface area (Å²) in [5.41, 5.74) is 7.61. The maximum atomic E-state index is 13.8. The summed E-state index contributed by atoms with van der Waals surface area (Å²) in [4.78, 5) is 41.6. The van der Waals surface area contributed by atoms with Crippen LogP contribution in [0.15, 0.2) is 65.5 Å². The number of imidazole rings is 1. The maximum Gasteiger partial charge on any atom is 0.493 e. The fraction of sp³-hybridized carbons (Fsp3) is 0.357. The van der Waals surface area contributed by atoms with E-state index in [-0.39, 0.29) is 36.1 Å². The van der Waals surface area contributed by atoms with Crippen LogP contribution >= 0.6 is 0 Å². The van der Waals surface area contributed by atoms with Crippen LogP contribution in [-0.4, -0.2) is 56.9 Å². The van der Waals surface area contributed by atoms with Crippen molar-refractivity contribution >= 4 is 29.0 Å². The molecule has 1 aliphatic heterocycles. The minimum atomic E-state index is -5.24. The van der Waals surface area contributed by atoms with Crippen molar-refractivity contribution in [2.24, 2.45) is 12.8 Å². The lowest BCUT2D eigenvalue weighted by molar-refractivity contribution is -0.201. The summed E-state index contributed by atoms with van der Waals surface area (Å²) in [6.45, 7) is 1.33. The number of fused-ring (bicyclic) bond motifs is 1. The number of anilines is 2. The number of alkyl halides is 3. The third-order valence-electron chi connectivity index (χ3n) is 6.96. The number of aromatic nitrogens is 4. The summed E-state index contributed by atoms with van der Waals surface area (Å²) >= 11 is 0. The first-order chi connectivity index (χ1) is 19.6. The summed E-state index contributed by atoms with van der Waals surface area (Å²) in [5, 5.41) is 0.705. The molecule has 1 unspecified atom stereocenters. The third kappa shape index (κ3) is 6.19. The summed E-state index contributed by atoms with van der Waals surface area (Å²) in [6, 6.07) is 18.4. The highest BCUT2D eigenvalue weighted by Gasteiger charge is 2.43. The largest absolute Gasteiger partial charge is 0.493 e. The minimum Gasteiger partial charge on any atom is -0.341 e. The third-order valence-corrected chi connectivity index (χ3v) is 6.96. The first-order valence-electron chi connectivity index (χ1n) is 13.2. The standard InChI is InChI=1S/C28H30F3N7O3/c1-35-24(39)22-23(33-26(35)38(41-25(40)28(29,30)31)16-14-19-9-4-2-5-10-19)34-27(36-15-8-13-21(32)18-36)37(22)17-20-11-6-3-7-12-20/h2-7,9-12,21H,8,13-18,32H2,1H3. The number of nitrogens with two attached hydrogens (primary N) is 1. The van der Waals surface area contributed by atoms with E-state index >= 15 is 0 Å². The van der Waals surface area contributed by atoms with Crippen molar-refractivity contribution in [3.63, 3.8) is 0 Å². The highest BCUT2D eigenvalue weighted by molar-refractivity contribution is 5.78. The number of nitrogens with zero attached hydrogens (tertiary/aromatic N) is 6. The molecule has 216 valence electrons. The molecule has 0 bridgehead atoms. The van der Waals surface area contributed by atoms with Gasteiger partial charge in [0.1, 0.15) is 0 Å². The van der Waals surface area contributed by atoms with Crippen LogP contribution in [0.5, 0.6) is 0 Å². The molecule has 10 nitrogen and oxygen atoms in total. The Morgan fingerprint density at radius 1 is 1.07 bits per heavy atom. The summed E-state index contributed by atoms with van der Waals surface area (Å²) in [7, 11) is 1.37. The molecule has 0 saturated carbocycles. The molecule has 13 heteroatoms. The predicted octanol–water partition coefficient (Wildman–Crippen LogP) is 3.18.